The first-order valence-corrected chi connectivity index (χ1v) is 6.95. The van der Waals surface area contributed by atoms with Crippen LogP contribution in [0.3, 0.4) is 0 Å². The van der Waals surface area contributed by atoms with Gasteiger partial charge in [-0.3, -0.25) is 9.59 Å². The minimum atomic E-state index is -1.62. The Morgan fingerprint density at radius 3 is 2.62 bits per heavy atom. The van der Waals surface area contributed by atoms with E-state index in [4.69, 9.17) is 5.11 Å². The number of thiophene rings is 1. The van der Waals surface area contributed by atoms with Gasteiger partial charge in [0.25, 0.3) is 0 Å². The predicted molar refractivity (Wildman–Crippen MR) is 75.1 cm³/mol. The molecular weight excluding hydrogens is 295 g/mol. The summed E-state index contributed by atoms with van der Waals surface area (Å²) in [5.74, 6) is -3.64. The SMILES string of the molecule is O=C(O)C(=O)CC(=O)c1sccc1Cc1cccc(F)c1. The van der Waals surface area contributed by atoms with Gasteiger partial charge in [0.2, 0.25) is 5.78 Å². The summed E-state index contributed by atoms with van der Waals surface area (Å²) < 4.78 is 13.1. The molecule has 0 amide bonds. The third-order valence-corrected chi connectivity index (χ3v) is 3.84. The van der Waals surface area contributed by atoms with Crippen LogP contribution >= 0.6 is 11.3 Å². The standard InChI is InChI=1S/C15H11FO4S/c16-11-3-1-2-9(7-11)6-10-4-5-21-14(10)12(17)8-13(18)15(19)20/h1-5,7H,6,8H2,(H,19,20). The second-order valence-electron chi connectivity index (χ2n) is 4.41. The van der Waals surface area contributed by atoms with Gasteiger partial charge in [0, 0.05) is 0 Å². The van der Waals surface area contributed by atoms with Crippen molar-refractivity contribution >= 4 is 28.9 Å². The summed E-state index contributed by atoms with van der Waals surface area (Å²) in [6.07, 6.45) is -0.310. The van der Waals surface area contributed by atoms with Crippen molar-refractivity contribution in [3.05, 3.63) is 57.5 Å². The summed E-state index contributed by atoms with van der Waals surface area (Å²) in [7, 11) is 0. The van der Waals surface area contributed by atoms with Crippen molar-refractivity contribution < 1.29 is 23.9 Å². The van der Waals surface area contributed by atoms with Crippen molar-refractivity contribution in [1.29, 1.82) is 0 Å². The molecule has 0 fully saturated rings. The Bertz CT molecular complexity index is 705. The van der Waals surface area contributed by atoms with Crippen molar-refractivity contribution in [2.24, 2.45) is 0 Å². The van der Waals surface area contributed by atoms with Crippen molar-refractivity contribution in [3.63, 3.8) is 0 Å². The van der Waals surface area contributed by atoms with Crippen LogP contribution in [0.1, 0.15) is 27.2 Å². The highest BCUT2D eigenvalue weighted by molar-refractivity contribution is 7.12. The number of halogens is 1. The molecule has 1 N–H and O–H groups in total. The maximum atomic E-state index is 13.1. The van der Waals surface area contributed by atoms with E-state index in [-0.39, 0.29) is 5.82 Å². The lowest BCUT2D eigenvalue weighted by Crippen LogP contribution is -2.17. The molecule has 1 aromatic carbocycles. The molecule has 0 bridgehead atoms. The van der Waals surface area contributed by atoms with Gasteiger partial charge in [-0.2, -0.15) is 0 Å². The zero-order chi connectivity index (χ0) is 15.4. The Morgan fingerprint density at radius 1 is 1.19 bits per heavy atom. The molecule has 1 heterocycles. The highest BCUT2D eigenvalue weighted by Crippen LogP contribution is 2.22. The molecule has 0 saturated heterocycles. The molecule has 0 unspecified atom stereocenters. The van der Waals surface area contributed by atoms with Crippen LogP contribution < -0.4 is 0 Å². The summed E-state index contributed by atoms with van der Waals surface area (Å²) in [6.45, 7) is 0. The van der Waals surface area contributed by atoms with Gasteiger partial charge in [-0.15, -0.1) is 11.3 Å². The van der Waals surface area contributed by atoms with Crippen LogP contribution in [-0.4, -0.2) is 22.6 Å². The van der Waals surface area contributed by atoms with Gasteiger partial charge in [-0.1, -0.05) is 12.1 Å². The molecule has 108 valence electrons. The second kappa shape index (κ2) is 6.41. The number of benzene rings is 1. The Hall–Kier alpha value is -2.34. The van der Waals surface area contributed by atoms with E-state index in [0.717, 1.165) is 11.3 Å². The van der Waals surface area contributed by atoms with Crippen molar-refractivity contribution in [3.8, 4) is 0 Å². The summed E-state index contributed by atoms with van der Waals surface area (Å²) >= 11 is 1.15. The molecule has 0 aliphatic rings. The quantitative estimate of drug-likeness (QED) is 0.506. The highest BCUT2D eigenvalue weighted by atomic mass is 32.1. The minimum Gasteiger partial charge on any atom is -0.475 e. The van der Waals surface area contributed by atoms with E-state index in [1.165, 1.54) is 12.1 Å². The zero-order valence-electron chi connectivity index (χ0n) is 10.8. The minimum absolute atomic E-state index is 0.342. The first kappa shape index (κ1) is 15.1. The maximum absolute atomic E-state index is 13.1. The molecular formula is C15H11FO4S. The molecule has 2 aromatic rings. The van der Waals surface area contributed by atoms with E-state index in [0.29, 0.717) is 22.4 Å². The van der Waals surface area contributed by atoms with E-state index < -0.39 is 24.0 Å². The monoisotopic (exact) mass is 306 g/mol. The molecule has 0 saturated carbocycles. The lowest BCUT2D eigenvalue weighted by Gasteiger charge is -2.03. The molecule has 0 aliphatic carbocycles. The fourth-order valence-electron chi connectivity index (χ4n) is 1.89. The van der Waals surface area contributed by atoms with Crippen LogP contribution in [-0.2, 0) is 16.0 Å². The van der Waals surface area contributed by atoms with E-state index in [1.807, 2.05) is 0 Å². The molecule has 0 spiro atoms. The number of rotatable bonds is 6. The third kappa shape index (κ3) is 3.82. The molecule has 2 rings (SSSR count). The van der Waals surface area contributed by atoms with Crippen molar-refractivity contribution in [1.82, 2.24) is 0 Å². The fourth-order valence-corrected chi connectivity index (χ4v) is 2.75. The first-order chi connectivity index (χ1) is 9.97. The zero-order valence-corrected chi connectivity index (χ0v) is 11.7. The number of carboxylic acids is 1. The molecule has 21 heavy (non-hydrogen) atoms. The summed E-state index contributed by atoms with van der Waals surface area (Å²) in [5.41, 5.74) is 1.36. The fraction of sp³-hybridized carbons (Fsp3) is 0.133. The average molecular weight is 306 g/mol. The molecule has 1 aromatic heterocycles. The van der Waals surface area contributed by atoms with Crippen molar-refractivity contribution in [2.75, 3.05) is 0 Å². The van der Waals surface area contributed by atoms with Crippen LogP contribution in [0.4, 0.5) is 4.39 Å². The van der Waals surface area contributed by atoms with Gasteiger partial charge in [-0.05, 0) is 41.1 Å². The maximum Gasteiger partial charge on any atom is 0.372 e. The van der Waals surface area contributed by atoms with Crippen LogP contribution in [0.15, 0.2) is 35.7 Å². The molecule has 0 radical (unpaired) electrons. The van der Waals surface area contributed by atoms with Crippen LogP contribution in [0.25, 0.3) is 0 Å². The lowest BCUT2D eigenvalue weighted by molar-refractivity contribution is -0.148. The van der Waals surface area contributed by atoms with Crippen LogP contribution in [0.2, 0.25) is 0 Å². The van der Waals surface area contributed by atoms with Gasteiger partial charge < -0.3 is 5.11 Å². The van der Waals surface area contributed by atoms with E-state index in [2.05, 4.69) is 0 Å². The molecule has 0 aliphatic heterocycles. The average Bonchev–Trinajstić information content (AvgIpc) is 2.86. The highest BCUT2D eigenvalue weighted by Gasteiger charge is 2.21. The first-order valence-electron chi connectivity index (χ1n) is 6.07. The van der Waals surface area contributed by atoms with Crippen molar-refractivity contribution in [2.45, 2.75) is 12.8 Å². The van der Waals surface area contributed by atoms with Gasteiger partial charge in [-0.25, -0.2) is 9.18 Å². The number of hydrogen-bond donors (Lipinski definition) is 1. The Balaban J connectivity index is 2.17. The predicted octanol–water partition coefficient (Wildman–Crippen LogP) is 2.70. The van der Waals surface area contributed by atoms with Gasteiger partial charge >= 0.3 is 5.97 Å². The van der Waals surface area contributed by atoms with Gasteiger partial charge in [0.1, 0.15) is 5.82 Å². The topological polar surface area (TPSA) is 71.4 Å². The van der Waals surface area contributed by atoms with Crippen LogP contribution in [0, 0.1) is 5.82 Å². The van der Waals surface area contributed by atoms with Crippen LogP contribution in [0.5, 0.6) is 0 Å². The smallest absolute Gasteiger partial charge is 0.372 e. The number of carboxylic acid groups (broad SMARTS) is 1. The van der Waals surface area contributed by atoms with E-state index in [9.17, 15) is 18.8 Å². The molecule has 6 heteroatoms. The number of carbonyl (C=O) groups excluding carboxylic acids is 2. The largest absolute Gasteiger partial charge is 0.475 e. The Kier molecular flexibility index (Phi) is 4.59. The summed E-state index contributed by atoms with van der Waals surface area (Å²) in [5, 5.41) is 10.2. The molecule has 0 atom stereocenters. The van der Waals surface area contributed by atoms with E-state index in [1.54, 1.807) is 23.6 Å². The number of carbonyl (C=O) groups is 3. The number of Topliss-reactive ketones (excluding diaryl/α,β-unsaturated/α-hetero) is 2. The Labute approximate surface area is 123 Å². The number of hydrogen-bond acceptors (Lipinski definition) is 4. The summed E-state index contributed by atoms with van der Waals surface area (Å²) in [4.78, 5) is 33.9. The normalized spacial score (nSPS) is 10.3. The number of aliphatic carboxylic acids is 1. The third-order valence-electron chi connectivity index (χ3n) is 2.84. The Morgan fingerprint density at radius 2 is 1.95 bits per heavy atom. The second-order valence-corrected chi connectivity index (χ2v) is 5.33. The van der Waals surface area contributed by atoms with Gasteiger partial charge in [0.05, 0.1) is 11.3 Å². The lowest BCUT2D eigenvalue weighted by atomic mass is 10.0. The van der Waals surface area contributed by atoms with Gasteiger partial charge in [0.15, 0.2) is 5.78 Å². The number of ketones is 2. The van der Waals surface area contributed by atoms with E-state index >= 15 is 0 Å². The summed E-state index contributed by atoms with van der Waals surface area (Å²) in [6, 6.07) is 7.72. The molecule has 4 nitrogen and oxygen atoms in total.